The van der Waals surface area contributed by atoms with Gasteiger partial charge >= 0.3 is 5.97 Å². The van der Waals surface area contributed by atoms with Crippen LogP contribution in [0, 0.1) is 5.82 Å². The highest BCUT2D eigenvalue weighted by molar-refractivity contribution is 6.08. The van der Waals surface area contributed by atoms with Crippen molar-refractivity contribution in [1.82, 2.24) is 9.78 Å². The molecular weight excluding hydrogens is 363 g/mol. The number of nitrogens with one attached hydrogen (secondary N) is 2. The number of rotatable bonds is 4. The Hall–Kier alpha value is -3.94. The number of carbonyl (C=O) groups excluding carboxylic acids is 1. The van der Waals surface area contributed by atoms with Gasteiger partial charge in [0.05, 0.1) is 12.2 Å². The van der Waals surface area contributed by atoms with E-state index in [1.165, 1.54) is 30.5 Å². The first-order valence-electron chi connectivity index (χ1n) is 8.44. The number of aliphatic carboxylic acids is 1. The van der Waals surface area contributed by atoms with Crippen LogP contribution in [0.5, 0.6) is 0 Å². The molecule has 0 unspecified atom stereocenters. The second-order valence-electron chi connectivity index (χ2n) is 6.18. The maximum absolute atomic E-state index is 13.4. The van der Waals surface area contributed by atoms with Gasteiger partial charge in [-0.1, -0.05) is 36.4 Å². The summed E-state index contributed by atoms with van der Waals surface area (Å²) in [7, 11) is 0. The number of anilines is 2. The minimum Gasteiger partial charge on any atom is -0.477 e. The summed E-state index contributed by atoms with van der Waals surface area (Å²) in [6.45, 7) is 0. The van der Waals surface area contributed by atoms with Crippen LogP contribution in [0.3, 0.4) is 0 Å². The number of benzene rings is 2. The predicted molar refractivity (Wildman–Crippen MR) is 101 cm³/mol. The standard InChI is InChI=1S/C20H15FN4O3/c21-13-7-4-8-14(9-13)23-19(26)15-11-22-25-17(12-5-2-1-3-6-12)10-16(20(27)28)24-18(15)25/h1-11,17,24H,(H,23,26)(H,27,28)/t17-/m0/s1. The second kappa shape index (κ2) is 6.99. The zero-order chi connectivity index (χ0) is 19.7. The van der Waals surface area contributed by atoms with E-state index >= 15 is 0 Å². The van der Waals surface area contributed by atoms with Crippen LogP contribution in [-0.2, 0) is 4.79 Å². The summed E-state index contributed by atoms with van der Waals surface area (Å²) in [4.78, 5) is 24.3. The van der Waals surface area contributed by atoms with E-state index < -0.39 is 23.7 Å². The van der Waals surface area contributed by atoms with Crippen molar-refractivity contribution in [3.63, 3.8) is 0 Å². The Bertz CT molecular complexity index is 1090. The molecule has 2 aromatic carbocycles. The second-order valence-corrected chi connectivity index (χ2v) is 6.18. The van der Waals surface area contributed by atoms with Crippen LogP contribution in [0.4, 0.5) is 15.9 Å². The monoisotopic (exact) mass is 378 g/mol. The molecule has 3 N–H and O–H groups in total. The van der Waals surface area contributed by atoms with Gasteiger partial charge < -0.3 is 15.7 Å². The third-order valence-corrected chi connectivity index (χ3v) is 4.34. The van der Waals surface area contributed by atoms with Gasteiger partial charge in [-0.05, 0) is 29.8 Å². The molecule has 0 radical (unpaired) electrons. The predicted octanol–water partition coefficient (Wildman–Crippen LogP) is 3.26. The zero-order valence-electron chi connectivity index (χ0n) is 14.5. The number of fused-ring (bicyclic) bond motifs is 1. The largest absolute Gasteiger partial charge is 0.477 e. The Kier molecular flexibility index (Phi) is 4.36. The molecule has 0 aliphatic carbocycles. The summed E-state index contributed by atoms with van der Waals surface area (Å²) < 4.78 is 14.9. The van der Waals surface area contributed by atoms with Crippen LogP contribution in [0.2, 0.25) is 0 Å². The van der Waals surface area contributed by atoms with Crippen molar-refractivity contribution in [2.45, 2.75) is 6.04 Å². The molecule has 0 saturated heterocycles. The first-order chi connectivity index (χ1) is 13.5. The van der Waals surface area contributed by atoms with E-state index in [4.69, 9.17) is 0 Å². The van der Waals surface area contributed by atoms with E-state index in [0.29, 0.717) is 0 Å². The molecule has 140 valence electrons. The molecule has 1 aromatic heterocycles. The number of halogens is 1. The maximum Gasteiger partial charge on any atom is 0.352 e. The molecule has 0 fully saturated rings. The molecule has 1 atom stereocenters. The number of hydrogen-bond acceptors (Lipinski definition) is 4. The van der Waals surface area contributed by atoms with Gasteiger partial charge in [0.15, 0.2) is 0 Å². The van der Waals surface area contributed by atoms with Crippen LogP contribution in [0.25, 0.3) is 0 Å². The lowest BCUT2D eigenvalue weighted by molar-refractivity contribution is -0.132. The number of hydrogen-bond donors (Lipinski definition) is 3. The van der Waals surface area contributed by atoms with Gasteiger partial charge in [-0.2, -0.15) is 5.10 Å². The van der Waals surface area contributed by atoms with Gasteiger partial charge in [-0.15, -0.1) is 0 Å². The Morgan fingerprint density at radius 1 is 1.14 bits per heavy atom. The Morgan fingerprint density at radius 2 is 1.93 bits per heavy atom. The van der Waals surface area contributed by atoms with Crippen molar-refractivity contribution in [3.8, 4) is 0 Å². The molecule has 1 amide bonds. The molecule has 4 rings (SSSR count). The van der Waals surface area contributed by atoms with Gasteiger partial charge in [0.2, 0.25) is 0 Å². The molecular formula is C20H15FN4O3. The van der Waals surface area contributed by atoms with Crippen molar-refractivity contribution in [1.29, 1.82) is 0 Å². The summed E-state index contributed by atoms with van der Waals surface area (Å²) in [5.74, 6) is -1.90. The van der Waals surface area contributed by atoms with E-state index in [1.807, 2.05) is 30.3 Å². The number of carboxylic acid groups (broad SMARTS) is 1. The molecule has 0 spiro atoms. The molecule has 0 saturated carbocycles. The van der Waals surface area contributed by atoms with E-state index in [2.05, 4.69) is 15.7 Å². The summed E-state index contributed by atoms with van der Waals surface area (Å²) in [5.41, 5.74) is 1.21. The third kappa shape index (κ3) is 3.23. The first-order valence-corrected chi connectivity index (χ1v) is 8.44. The van der Waals surface area contributed by atoms with Crippen molar-refractivity contribution < 1.29 is 19.1 Å². The summed E-state index contributed by atoms with van der Waals surface area (Å²) in [6.07, 6.45) is 2.89. The Balaban J connectivity index is 1.71. The fourth-order valence-electron chi connectivity index (χ4n) is 3.04. The average Bonchev–Trinajstić information content (AvgIpc) is 3.12. The van der Waals surface area contributed by atoms with Crippen molar-refractivity contribution in [2.75, 3.05) is 10.6 Å². The van der Waals surface area contributed by atoms with Gasteiger partial charge in [0, 0.05) is 5.69 Å². The van der Waals surface area contributed by atoms with E-state index in [-0.39, 0.29) is 22.8 Å². The highest BCUT2D eigenvalue weighted by Crippen LogP contribution is 2.32. The van der Waals surface area contributed by atoms with Crippen LogP contribution in [0.1, 0.15) is 22.0 Å². The van der Waals surface area contributed by atoms with Crippen molar-refractivity contribution >= 4 is 23.4 Å². The smallest absolute Gasteiger partial charge is 0.352 e. The topological polar surface area (TPSA) is 96.2 Å². The van der Waals surface area contributed by atoms with E-state index in [0.717, 1.165) is 5.56 Å². The fourth-order valence-corrected chi connectivity index (χ4v) is 3.04. The lowest BCUT2D eigenvalue weighted by Gasteiger charge is -2.24. The van der Waals surface area contributed by atoms with E-state index in [9.17, 15) is 19.1 Å². The number of allylic oxidation sites excluding steroid dienone is 1. The minimum absolute atomic E-state index is 0.0540. The highest BCUT2D eigenvalue weighted by atomic mass is 19.1. The summed E-state index contributed by atoms with van der Waals surface area (Å²) in [5, 5.41) is 19.1. The highest BCUT2D eigenvalue weighted by Gasteiger charge is 2.29. The van der Waals surface area contributed by atoms with Crippen LogP contribution < -0.4 is 10.6 Å². The molecule has 1 aliphatic rings. The lowest BCUT2D eigenvalue weighted by atomic mass is 10.0. The normalized spacial score (nSPS) is 15.2. The van der Waals surface area contributed by atoms with Gasteiger partial charge in [0.1, 0.15) is 22.9 Å². The molecule has 0 bridgehead atoms. The molecule has 7 nitrogen and oxygen atoms in total. The zero-order valence-corrected chi connectivity index (χ0v) is 14.5. The quantitative estimate of drug-likeness (QED) is 0.648. The molecule has 28 heavy (non-hydrogen) atoms. The third-order valence-electron chi connectivity index (χ3n) is 4.34. The maximum atomic E-state index is 13.4. The molecule has 1 aliphatic heterocycles. The van der Waals surface area contributed by atoms with Crippen LogP contribution in [0.15, 0.2) is 72.6 Å². The van der Waals surface area contributed by atoms with Crippen molar-refractivity contribution in [2.24, 2.45) is 0 Å². The fraction of sp³-hybridized carbons (Fsp3) is 0.0500. The molecule has 3 aromatic rings. The Morgan fingerprint density at radius 3 is 2.64 bits per heavy atom. The van der Waals surface area contributed by atoms with Crippen LogP contribution >= 0.6 is 0 Å². The van der Waals surface area contributed by atoms with Crippen molar-refractivity contribution in [3.05, 3.63) is 89.5 Å². The number of carbonyl (C=O) groups is 2. The number of nitrogens with zero attached hydrogens (tertiary/aromatic N) is 2. The summed E-state index contributed by atoms with van der Waals surface area (Å²) >= 11 is 0. The van der Waals surface area contributed by atoms with E-state index in [1.54, 1.807) is 10.7 Å². The SMILES string of the molecule is O=C(O)C1=C[C@@H](c2ccccc2)n2ncc(C(=O)Nc3cccc(F)c3)c2N1. The molecule has 2 heterocycles. The van der Waals surface area contributed by atoms with Gasteiger partial charge in [-0.25, -0.2) is 13.9 Å². The molecule has 8 heteroatoms. The minimum atomic E-state index is -1.15. The summed E-state index contributed by atoms with van der Waals surface area (Å²) in [6, 6.07) is 14.2. The Labute approximate surface area is 159 Å². The lowest BCUT2D eigenvalue weighted by Crippen LogP contribution is -2.25. The average molecular weight is 378 g/mol. The van der Waals surface area contributed by atoms with Gasteiger partial charge in [-0.3, -0.25) is 4.79 Å². The van der Waals surface area contributed by atoms with Gasteiger partial charge in [0.25, 0.3) is 5.91 Å². The van der Waals surface area contributed by atoms with Crippen LogP contribution in [-0.4, -0.2) is 26.8 Å². The number of carboxylic acids is 1. The number of amides is 1. The number of aromatic nitrogens is 2. The first kappa shape index (κ1) is 17.5.